The summed E-state index contributed by atoms with van der Waals surface area (Å²) in [4.78, 5) is 20.5. The maximum atomic E-state index is 11.6. The molecule has 4 N–H and O–H groups in total. The third kappa shape index (κ3) is 8.67. The van der Waals surface area contributed by atoms with Gasteiger partial charge in [-0.3, -0.25) is 10.1 Å². The molecule has 0 radical (unpaired) electrons. The summed E-state index contributed by atoms with van der Waals surface area (Å²) in [5.74, 6) is 2.66. The number of H-pyrrole nitrogens is 1. The molecule has 0 aromatic carbocycles. The van der Waals surface area contributed by atoms with Crippen LogP contribution in [0.5, 0.6) is 0 Å². The summed E-state index contributed by atoms with van der Waals surface area (Å²) >= 11 is 0. The van der Waals surface area contributed by atoms with Crippen LogP contribution in [0.2, 0.25) is 0 Å². The molecule has 0 aliphatic heterocycles. The van der Waals surface area contributed by atoms with E-state index in [1.807, 2.05) is 33.8 Å². The lowest BCUT2D eigenvalue weighted by atomic mass is 10.2. The van der Waals surface area contributed by atoms with Gasteiger partial charge in [0.05, 0.1) is 6.26 Å². The minimum atomic E-state index is -0.493. The molecule has 0 fully saturated rings. The molecule has 0 saturated heterocycles. The highest BCUT2D eigenvalue weighted by Crippen LogP contribution is 2.14. The number of hydrogen-bond donors (Lipinski definition) is 4. The zero-order chi connectivity index (χ0) is 21.1. The Kier molecular flexibility index (Phi) is 8.50. The minimum absolute atomic E-state index is 0.410. The second-order valence-corrected chi connectivity index (χ2v) is 7.30. The summed E-state index contributed by atoms with van der Waals surface area (Å²) < 4.78 is 10.5. The molecule has 1 amide bonds. The van der Waals surface area contributed by atoms with Crippen LogP contribution in [-0.2, 0) is 11.2 Å². The van der Waals surface area contributed by atoms with Gasteiger partial charge in [0.15, 0.2) is 11.7 Å². The van der Waals surface area contributed by atoms with Crippen molar-refractivity contribution in [3.05, 3.63) is 24.2 Å². The molecule has 0 atom stereocenters. The van der Waals surface area contributed by atoms with Gasteiger partial charge in [0, 0.05) is 32.6 Å². The van der Waals surface area contributed by atoms with Crippen molar-refractivity contribution in [2.45, 2.75) is 46.1 Å². The highest BCUT2D eigenvalue weighted by molar-refractivity contribution is 5.79. The number of aromatic nitrogens is 3. The van der Waals surface area contributed by atoms with E-state index >= 15 is 0 Å². The summed E-state index contributed by atoms with van der Waals surface area (Å²) in [6.45, 7) is 10.0. The van der Waals surface area contributed by atoms with Gasteiger partial charge in [0.2, 0.25) is 5.82 Å². The normalized spacial score (nSPS) is 11.9. The summed E-state index contributed by atoms with van der Waals surface area (Å²) in [7, 11) is 0. The Morgan fingerprint density at radius 2 is 2.10 bits per heavy atom. The van der Waals surface area contributed by atoms with Crippen LogP contribution < -0.4 is 16.0 Å². The van der Waals surface area contributed by atoms with Crippen LogP contribution in [0.1, 0.15) is 39.9 Å². The number of amides is 1. The Labute approximate surface area is 170 Å². The maximum Gasteiger partial charge on any atom is 0.407 e. The van der Waals surface area contributed by atoms with Crippen molar-refractivity contribution in [1.29, 1.82) is 0 Å². The lowest BCUT2D eigenvalue weighted by Crippen LogP contribution is -2.38. The molecule has 10 nitrogen and oxygen atoms in total. The zero-order valence-corrected chi connectivity index (χ0v) is 17.5. The first-order chi connectivity index (χ1) is 13.9. The topological polar surface area (TPSA) is 129 Å². The number of furan rings is 1. The fourth-order valence-corrected chi connectivity index (χ4v) is 2.34. The van der Waals surface area contributed by atoms with Gasteiger partial charge in [-0.15, -0.1) is 0 Å². The van der Waals surface area contributed by atoms with Crippen molar-refractivity contribution >= 4 is 12.1 Å². The van der Waals surface area contributed by atoms with E-state index in [2.05, 4.69) is 36.1 Å². The number of nitrogens with zero attached hydrogens (tertiary/aromatic N) is 3. The Bertz CT molecular complexity index is 763. The number of nitrogens with one attached hydrogen (secondary N) is 4. The molecule has 0 saturated carbocycles. The van der Waals surface area contributed by atoms with Crippen LogP contribution in [-0.4, -0.2) is 59.0 Å². The molecule has 2 heterocycles. The van der Waals surface area contributed by atoms with E-state index in [1.165, 1.54) is 0 Å². The molecule has 2 aromatic heterocycles. The summed E-state index contributed by atoms with van der Waals surface area (Å²) in [6, 6.07) is 3.62. The van der Waals surface area contributed by atoms with Gasteiger partial charge in [0.1, 0.15) is 11.4 Å². The van der Waals surface area contributed by atoms with E-state index in [-0.39, 0.29) is 0 Å². The lowest BCUT2D eigenvalue weighted by molar-refractivity contribution is 0.0527. The second kappa shape index (κ2) is 11.1. The van der Waals surface area contributed by atoms with Gasteiger partial charge in [-0.25, -0.2) is 9.78 Å². The summed E-state index contributed by atoms with van der Waals surface area (Å²) in [5.41, 5.74) is -0.493. The number of aromatic amines is 1. The van der Waals surface area contributed by atoms with E-state index < -0.39 is 11.7 Å². The standard InChI is InChI=1S/C19H31N7O3/c1-5-20-17(21-10-7-11-23-18(27)29-19(2,3)4)22-12-9-15-24-16(26-25-15)14-8-6-13-28-14/h6,8,13H,5,7,9-12H2,1-4H3,(H,23,27)(H2,20,21,22)(H,24,25,26). The molecule has 2 aromatic rings. The number of rotatable bonds is 9. The first-order valence-electron chi connectivity index (χ1n) is 9.81. The number of carbonyl (C=O) groups is 1. The van der Waals surface area contributed by atoms with Crippen molar-refractivity contribution in [2.24, 2.45) is 4.99 Å². The molecular weight excluding hydrogens is 374 g/mol. The molecule has 0 aliphatic rings. The molecule has 29 heavy (non-hydrogen) atoms. The van der Waals surface area contributed by atoms with Gasteiger partial charge in [-0.1, -0.05) is 0 Å². The molecule has 0 unspecified atom stereocenters. The molecule has 0 spiro atoms. The quantitative estimate of drug-likeness (QED) is 0.285. The van der Waals surface area contributed by atoms with Crippen LogP contribution >= 0.6 is 0 Å². The second-order valence-electron chi connectivity index (χ2n) is 7.30. The highest BCUT2D eigenvalue weighted by Gasteiger charge is 2.15. The van der Waals surface area contributed by atoms with E-state index in [0.29, 0.717) is 44.1 Å². The van der Waals surface area contributed by atoms with Crippen LogP contribution in [0, 0.1) is 0 Å². The van der Waals surface area contributed by atoms with Crippen molar-refractivity contribution < 1.29 is 13.9 Å². The van der Waals surface area contributed by atoms with Crippen LogP contribution in [0.25, 0.3) is 11.6 Å². The number of aliphatic imine (C=N–C) groups is 1. The van der Waals surface area contributed by atoms with E-state index in [0.717, 1.165) is 18.3 Å². The fraction of sp³-hybridized carbons (Fsp3) is 0.579. The highest BCUT2D eigenvalue weighted by atomic mass is 16.6. The first kappa shape index (κ1) is 22.3. The SMILES string of the molecule is CCNC(=NCCCNC(=O)OC(C)(C)C)NCCc1nc(-c2ccco2)n[nH]1. The fourth-order valence-electron chi connectivity index (χ4n) is 2.34. The van der Waals surface area contributed by atoms with Gasteiger partial charge in [-0.2, -0.15) is 5.10 Å². The third-order valence-electron chi connectivity index (χ3n) is 3.54. The predicted molar refractivity (Wildman–Crippen MR) is 111 cm³/mol. The minimum Gasteiger partial charge on any atom is -0.461 e. The largest absolute Gasteiger partial charge is 0.461 e. The smallest absolute Gasteiger partial charge is 0.407 e. The van der Waals surface area contributed by atoms with Crippen LogP contribution in [0.15, 0.2) is 27.8 Å². The van der Waals surface area contributed by atoms with E-state index in [4.69, 9.17) is 9.15 Å². The predicted octanol–water partition coefficient (Wildman–Crippen LogP) is 2.08. The van der Waals surface area contributed by atoms with Crippen molar-refractivity contribution in [1.82, 2.24) is 31.1 Å². The molecule has 10 heteroatoms. The average molecular weight is 406 g/mol. The number of alkyl carbamates (subject to hydrolysis) is 1. The van der Waals surface area contributed by atoms with Crippen molar-refractivity contribution in [3.63, 3.8) is 0 Å². The van der Waals surface area contributed by atoms with E-state index in [9.17, 15) is 4.79 Å². The van der Waals surface area contributed by atoms with Gasteiger partial charge in [-0.05, 0) is 46.2 Å². The van der Waals surface area contributed by atoms with E-state index in [1.54, 1.807) is 12.3 Å². The molecular formula is C19H31N7O3. The van der Waals surface area contributed by atoms with Crippen LogP contribution in [0.4, 0.5) is 4.79 Å². The Balaban J connectivity index is 1.69. The first-order valence-corrected chi connectivity index (χ1v) is 9.81. The number of guanidine groups is 1. The van der Waals surface area contributed by atoms with Crippen LogP contribution in [0.3, 0.4) is 0 Å². The molecule has 0 aliphatic carbocycles. The zero-order valence-electron chi connectivity index (χ0n) is 17.5. The Hall–Kier alpha value is -3.04. The average Bonchev–Trinajstić information content (AvgIpc) is 3.31. The van der Waals surface area contributed by atoms with Gasteiger partial charge in [0.25, 0.3) is 0 Å². The van der Waals surface area contributed by atoms with Crippen molar-refractivity contribution in [3.8, 4) is 11.6 Å². The summed E-state index contributed by atoms with van der Waals surface area (Å²) in [6.07, 6.45) is 2.56. The number of carbonyl (C=O) groups excluding carboxylic acids is 1. The summed E-state index contributed by atoms with van der Waals surface area (Å²) in [5, 5.41) is 16.2. The molecule has 2 rings (SSSR count). The Morgan fingerprint density at radius 3 is 2.79 bits per heavy atom. The van der Waals surface area contributed by atoms with Crippen molar-refractivity contribution in [2.75, 3.05) is 26.2 Å². The van der Waals surface area contributed by atoms with Gasteiger partial charge >= 0.3 is 6.09 Å². The molecule has 160 valence electrons. The lowest BCUT2D eigenvalue weighted by Gasteiger charge is -2.19. The Morgan fingerprint density at radius 1 is 1.28 bits per heavy atom. The number of hydrogen-bond acceptors (Lipinski definition) is 6. The maximum absolute atomic E-state index is 11.6. The van der Waals surface area contributed by atoms with Gasteiger partial charge < -0.3 is 25.1 Å². The third-order valence-corrected chi connectivity index (χ3v) is 3.54. The monoisotopic (exact) mass is 405 g/mol. The molecule has 0 bridgehead atoms. The number of ether oxygens (including phenoxy) is 1.